The van der Waals surface area contributed by atoms with Crippen LogP contribution in [-0.2, 0) is 9.59 Å². The maximum atomic E-state index is 13.0. The van der Waals surface area contributed by atoms with Crippen molar-refractivity contribution >= 4 is 23.2 Å². The van der Waals surface area contributed by atoms with Crippen molar-refractivity contribution in [2.45, 2.75) is 25.4 Å². The van der Waals surface area contributed by atoms with Gasteiger partial charge in [0, 0.05) is 24.7 Å². The molecule has 2 saturated heterocycles. The third-order valence-corrected chi connectivity index (χ3v) is 6.19. The molecule has 0 radical (unpaired) electrons. The fourth-order valence-corrected chi connectivity index (χ4v) is 3.94. The standard InChI is InChI=1S/C22H25N5O3/c28-21(15-2-1-3-15)26-13-20(14-26)30-19-6-4-17(5-7-19)27(18-8-9-24-25-12-18)22(29)16-10-23-11-16/h4-9,12,15-16,20,23H,1-3,10-11,13-14H2. The van der Waals surface area contributed by atoms with Crippen LogP contribution in [0.4, 0.5) is 11.4 Å². The Kier molecular flexibility index (Phi) is 5.08. The van der Waals surface area contributed by atoms with Crippen LogP contribution in [0.3, 0.4) is 0 Å². The Bertz CT molecular complexity index is 906. The molecule has 0 atom stereocenters. The number of rotatable bonds is 6. The molecule has 1 aromatic carbocycles. The number of nitrogens with zero attached hydrogens (tertiary/aromatic N) is 4. The minimum absolute atomic E-state index is 0.0306. The summed E-state index contributed by atoms with van der Waals surface area (Å²) < 4.78 is 6.01. The second kappa shape index (κ2) is 8.02. The molecule has 2 aliphatic heterocycles. The van der Waals surface area contributed by atoms with Crippen LogP contribution in [0, 0.1) is 11.8 Å². The Balaban J connectivity index is 1.24. The number of hydrogen-bond donors (Lipinski definition) is 1. The van der Waals surface area contributed by atoms with Crippen molar-refractivity contribution in [2.24, 2.45) is 11.8 Å². The summed E-state index contributed by atoms with van der Waals surface area (Å²) in [6.07, 6.45) is 6.43. The van der Waals surface area contributed by atoms with Crippen molar-refractivity contribution in [3.8, 4) is 5.75 Å². The average Bonchev–Trinajstić information content (AvgIpc) is 2.63. The minimum atomic E-state index is -0.0387. The quantitative estimate of drug-likeness (QED) is 0.785. The van der Waals surface area contributed by atoms with Gasteiger partial charge in [0.05, 0.1) is 37.1 Å². The first kappa shape index (κ1) is 19.0. The van der Waals surface area contributed by atoms with Crippen LogP contribution >= 0.6 is 0 Å². The number of benzene rings is 1. The van der Waals surface area contributed by atoms with Gasteiger partial charge in [0.1, 0.15) is 11.9 Å². The lowest BCUT2D eigenvalue weighted by Crippen LogP contribution is -2.58. The fraction of sp³-hybridized carbons (Fsp3) is 0.455. The molecule has 1 aliphatic carbocycles. The lowest BCUT2D eigenvalue weighted by atomic mass is 9.83. The van der Waals surface area contributed by atoms with Gasteiger partial charge in [0.25, 0.3) is 0 Å². The lowest BCUT2D eigenvalue weighted by molar-refractivity contribution is -0.147. The van der Waals surface area contributed by atoms with Gasteiger partial charge in [-0.25, -0.2) is 0 Å². The molecule has 1 N–H and O–H groups in total. The van der Waals surface area contributed by atoms with Crippen molar-refractivity contribution in [3.05, 3.63) is 42.7 Å². The first-order valence-electron chi connectivity index (χ1n) is 10.6. The van der Waals surface area contributed by atoms with Crippen LogP contribution in [0.15, 0.2) is 42.7 Å². The predicted octanol–water partition coefficient (Wildman–Crippen LogP) is 1.75. The van der Waals surface area contributed by atoms with Gasteiger partial charge in [-0.1, -0.05) is 6.42 Å². The summed E-state index contributed by atoms with van der Waals surface area (Å²) >= 11 is 0. The molecule has 1 saturated carbocycles. The third kappa shape index (κ3) is 3.63. The molecule has 0 unspecified atom stereocenters. The monoisotopic (exact) mass is 407 g/mol. The molecule has 156 valence electrons. The fourth-order valence-electron chi connectivity index (χ4n) is 3.94. The molecule has 0 bridgehead atoms. The van der Waals surface area contributed by atoms with Crippen LogP contribution in [-0.4, -0.2) is 59.2 Å². The Morgan fingerprint density at radius 1 is 1.00 bits per heavy atom. The van der Waals surface area contributed by atoms with E-state index < -0.39 is 0 Å². The van der Waals surface area contributed by atoms with Crippen LogP contribution in [0.2, 0.25) is 0 Å². The van der Waals surface area contributed by atoms with Gasteiger partial charge in [-0.15, -0.1) is 0 Å². The normalized spacial score (nSPS) is 19.4. The minimum Gasteiger partial charge on any atom is -0.487 e. The maximum absolute atomic E-state index is 13.0. The van der Waals surface area contributed by atoms with Crippen LogP contribution in [0.25, 0.3) is 0 Å². The Morgan fingerprint density at radius 3 is 2.33 bits per heavy atom. The second-order valence-corrected chi connectivity index (χ2v) is 8.23. The molecule has 2 aromatic rings. The van der Waals surface area contributed by atoms with Gasteiger partial charge in [0.15, 0.2) is 0 Å². The Hall–Kier alpha value is -3.00. The van der Waals surface area contributed by atoms with Gasteiger partial charge in [-0.05, 0) is 43.2 Å². The molecule has 30 heavy (non-hydrogen) atoms. The maximum Gasteiger partial charge on any atom is 0.237 e. The number of nitrogens with one attached hydrogen (secondary N) is 1. The zero-order valence-electron chi connectivity index (χ0n) is 16.7. The molecule has 3 heterocycles. The lowest BCUT2D eigenvalue weighted by Gasteiger charge is -2.42. The van der Waals surface area contributed by atoms with Crippen LogP contribution in [0.5, 0.6) is 5.75 Å². The number of ether oxygens (including phenoxy) is 1. The highest BCUT2D eigenvalue weighted by atomic mass is 16.5. The summed E-state index contributed by atoms with van der Waals surface area (Å²) in [7, 11) is 0. The van der Waals surface area contributed by atoms with Crippen molar-refractivity contribution in [2.75, 3.05) is 31.1 Å². The largest absolute Gasteiger partial charge is 0.487 e. The van der Waals surface area contributed by atoms with E-state index in [0.29, 0.717) is 31.9 Å². The molecule has 1 aromatic heterocycles. The van der Waals surface area contributed by atoms with Crippen molar-refractivity contribution < 1.29 is 14.3 Å². The summed E-state index contributed by atoms with van der Waals surface area (Å²) in [6, 6.07) is 9.30. The zero-order valence-corrected chi connectivity index (χ0v) is 16.7. The van der Waals surface area contributed by atoms with Gasteiger partial charge in [-0.3, -0.25) is 14.5 Å². The van der Waals surface area contributed by atoms with E-state index in [1.165, 1.54) is 6.42 Å². The van der Waals surface area contributed by atoms with Gasteiger partial charge < -0.3 is 15.0 Å². The summed E-state index contributed by atoms with van der Waals surface area (Å²) in [5.41, 5.74) is 1.46. The number of anilines is 2. The number of aromatic nitrogens is 2. The number of carbonyl (C=O) groups excluding carboxylic acids is 2. The predicted molar refractivity (Wildman–Crippen MR) is 110 cm³/mol. The molecular formula is C22H25N5O3. The van der Waals surface area contributed by atoms with Gasteiger partial charge in [-0.2, -0.15) is 10.2 Å². The molecule has 8 nitrogen and oxygen atoms in total. The van der Waals surface area contributed by atoms with E-state index in [2.05, 4.69) is 15.5 Å². The SMILES string of the molecule is O=C(C1CCC1)N1CC(Oc2ccc(N(C(=O)C3CNC3)c3ccnnc3)cc2)C1. The van der Waals surface area contributed by atoms with E-state index >= 15 is 0 Å². The molecule has 3 fully saturated rings. The molecule has 3 aliphatic rings. The summed E-state index contributed by atoms with van der Waals surface area (Å²) in [6.45, 7) is 2.68. The van der Waals surface area contributed by atoms with E-state index in [4.69, 9.17) is 4.74 Å². The third-order valence-electron chi connectivity index (χ3n) is 6.19. The molecule has 8 heteroatoms. The average molecular weight is 407 g/mol. The van der Waals surface area contributed by atoms with E-state index in [1.807, 2.05) is 29.2 Å². The summed E-state index contributed by atoms with van der Waals surface area (Å²) in [5, 5.41) is 10.9. The summed E-state index contributed by atoms with van der Waals surface area (Å²) in [5.74, 6) is 1.26. The Labute approximate surface area is 175 Å². The van der Waals surface area contributed by atoms with Crippen LogP contribution < -0.4 is 15.0 Å². The topological polar surface area (TPSA) is 87.7 Å². The van der Waals surface area contributed by atoms with Crippen molar-refractivity contribution in [3.63, 3.8) is 0 Å². The first-order valence-corrected chi connectivity index (χ1v) is 10.6. The van der Waals surface area contributed by atoms with Gasteiger partial charge >= 0.3 is 0 Å². The van der Waals surface area contributed by atoms with E-state index in [0.717, 1.165) is 24.3 Å². The van der Waals surface area contributed by atoms with Crippen LogP contribution in [0.1, 0.15) is 19.3 Å². The van der Waals surface area contributed by atoms with Gasteiger partial charge in [0.2, 0.25) is 11.8 Å². The Morgan fingerprint density at radius 2 is 1.77 bits per heavy atom. The molecule has 0 spiro atoms. The van der Waals surface area contributed by atoms with E-state index in [1.54, 1.807) is 23.4 Å². The highest BCUT2D eigenvalue weighted by Gasteiger charge is 2.37. The molecule has 2 amide bonds. The zero-order chi connectivity index (χ0) is 20.5. The number of carbonyl (C=O) groups is 2. The number of likely N-dealkylation sites (tertiary alicyclic amines) is 1. The van der Waals surface area contributed by atoms with Crippen molar-refractivity contribution in [1.29, 1.82) is 0 Å². The second-order valence-electron chi connectivity index (χ2n) is 8.23. The smallest absolute Gasteiger partial charge is 0.237 e. The van der Waals surface area contributed by atoms with E-state index in [9.17, 15) is 9.59 Å². The molecule has 5 rings (SSSR count). The number of amides is 2. The highest BCUT2D eigenvalue weighted by molar-refractivity contribution is 6.02. The van der Waals surface area contributed by atoms with E-state index in [-0.39, 0.29) is 29.8 Å². The molecular weight excluding hydrogens is 382 g/mol. The highest BCUT2D eigenvalue weighted by Crippen LogP contribution is 2.32. The number of hydrogen-bond acceptors (Lipinski definition) is 6. The van der Waals surface area contributed by atoms with Crippen molar-refractivity contribution in [1.82, 2.24) is 20.4 Å². The first-order chi connectivity index (χ1) is 14.7. The summed E-state index contributed by atoms with van der Waals surface area (Å²) in [4.78, 5) is 28.8.